The molecule has 1 N–H and O–H groups in total. The Kier molecular flexibility index (Phi) is 7.42. The topological polar surface area (TPSA) is 69.0 Å². The van der Waals surface area contributed by atoms with Crippen LogP contribution in [0, 0.1) is 5.82 Å². The molecule has 6 rings (SSSR count). The molecule has 2 saturated heterocycles. The Hall–Kier alpha value is -2.86. The van der Waals surface area contributed by atoms with E-state index in [2.05, 4.69) is 9.88 Å². The fourth-order valence-corrected chi connectivity index (χ4v) is 6.09. The lowest BCUT2D eigenvalue weighted by molar-refractivity contribution is -0.142. The van der Waals surface area contributed by atoms with Crippen LogP contribution in [0.4, 0.5) is 17.6 Å². The van der Waals surface area contributed by atoms with E-state index in [9.17, 15) is 22.7 Å². The fourth-order valence-electron chi connectivity index (χ4n) is 5.93. The summed E-state index contributed by atoms with van der Waals surface area (Å²) in [4.78, 5) is 6.02. The Labute approximate surface area is 239 Å². The number of hydrogen-bond donors (Lipinski definition) is 1. The highest BCUT2D eigenvalue weighted by atomic mass is 35.5. The summed E-state index contributed by atoms with van der Waals surface area (Å²) in [5.74, 6) is -0.393. The van der Waals surface area contributed by atoms with E-state index in [1.807, 2.05) is 12.1 Å². The SMILES string of the molecule is C[C@]1(c2ccc(Cl)cc2F)Oc2cccc(C3CCN(Cc4nc(C(F)(F)F)c(CO)n4C[C@@H]4CCO4)CC3)c2O1. The molecular formula is C29H30ClF4N3O4. The summed E-state index contributed by atoms with van der Waals surface area (Å²) in [6.07, 6.45) is -2.62. The van der Waals surface area contributed by atoms with Gasteiger partial charge in [-0.25, -0.2) is 9.37 Å². The highest BCUT2D eigenvalue weighted by molar-refractivity contribution is 6.30. The van der Waals surface area contributed by atoms with E-state index in [4.69, 9.17) is 25.8 Å². The van der Waals surface area contributed by atoms with Gasteiger partial charge in [0.1, 0.15) is 11.6 Å². The number of ether oxygens (including phenoxy) is 3. The van der Waals surface area contributed by atoms with Crippen molar-refractivity contribution in [2.24, 2.45) is 0 Å². The van der Waals surface area contributed by atoms with Crippen LogP contribution in [0.5, 0.6) is 11.5 Å². The van der Waals surface area contributed by atoms with E-state index in [-0.39, 0.29) is 47.2 Å². The molecule has 2 aromatic carbocycles. The first-order valence-corrected chi connectivity index (χ1v) is 14.0. The molecule has 1 aromatic heterocycles. The molecule has 4 heterocycles. The van der Waals surface area contributed by atoms with Crippen molar-refractivity contribution in [1.82, 2.24) is 14.5 Å². The third-order valence-corrected chi connectivity index (χ3v) is 8.41. The minimum absolute atomic E-state index is 0.115. The normalized spacial score (nSPS) is 23.1. The number of piperidine rings is 1. The van der Waals surface area contributed by atoms with Crippen molar-refractivity contribution in [1.29, 1.82) is 0 Å². The average Bonchev–Trinajstić information content (AvgIpc) is 3.43. The number of nitrogens with zero attached hydrogens (tertiary/aromatic N) is 3. The van der Waals surface area contributed by atoms with Crippen LogP contribution < -0.4 is 9.47 Å². The van der Waals surface area contributed by atoms with E-state index in [0.717, 1.165) is 24.8 Å². The van der Waals surface area contributed by atoms with Crippen LogP contribution in [0.2, 0.25) is 5.02 Å². The van der Waals surface area contributed by atoms with Crippen LogP contribution in [0.15, 0.2) is 36.4 Å². The highest BCUT2D eigenvalue weighted by Crippen LogP contribution is 2.50. The van der Waals surface area contributed by atoms with Gasteiger partial charge in [-0.1, -0.05) is 23.7 Å². The first kappa shape index (κ1) is 28.3. The number of para-hydroxylation sites is 1. The molecule has 12 heteroatoms. The molecule has 3 aromatic rings. The van der Waals surface area contributed by atoms with Crippen LogP contribution in [0.1, 0.15) is 60.4 Å². The van der Waals surface area contributed by atoms with E-state index in [1.165, 1.54) is 10.6 Å². The van der Waals surface area contributed by atoms with Gasteiger partial charge in [0.25, 0.3) is 5.79 Å². The van der Waals surface area contributed by atoms with Crippen LogP contribution in [-0.2, 0) is 36.4 Å². The van der Waals surface area contributed by atoms with Gasteiger partial charge in [0.05, 0.1) is 37.1 Å². The van der Waals surface area contributed by atoms with Crippen LogP contribution >= 0.6 is 11.6 Å². The molecule has 0 amide bonds. The second-order valence-corrected chi connectivity index (χ2v) is 11.3. The molecule has 3 aliphatic heterocycles. The molecule has 2 fully saturated rings. The zero-order valence-corrected chi connectivity index (χ0v) is 23.1. The summed E-state index contributed by atoms with van der Waals surface area (Å²) in [5.41, 5.74) is -0.0793. The maximum absolute atomic E-state index is 14.7. The Balaban J connectivity index is 1.17. The van der Waals surface area contributed by atoms with Crippen molar-refractivity contribution in [3.63, 3.8) is 0 Å². The number of halogens is 5. The summed E-state index contributed by atoms with van der Waals surface area (Å²) < 4.78 is 75.2. The zero-order chi connectivity index (χ0) is 28.9. The molecule has 0 saturated carbocycles. The zero-order valence-electron chi connectivity index (χ0n) is 22.4. The van der Waals surface area contributed by atoms with Gasteiger partial charge in [0.2, 0.25) is 0 Å². The molecule has 0 unspecified atom stereocenters. The number of aliphatic hydroxyl groups excluding tert-OH is 1. The fraction of sp³-hybridized carbons (Fsp3) is 0.483. The summed E-state index contributed by atoms with van der Waals surface area (Å²) in [6, 6.07) is 10.00. The lowest BCUT2D eigenvalue weighted by Crippen LogP contribution is -2.36. The lowest BCUT2D eigenvalue weighted by Gasteiger charge is -2.33. The van der Waals surface area contributed by atoms with Crippen LogP contribution in [-0.4, -0.2) is 45.4 Å². The Morgan fingerprint density at radius 1 is 1.12 bits per heavy atom. The quantitative estimate of drug-likeness (QED) is 0.338. The van der Waals surface area contributed by atoms with Crippen molar-refractivity contribution < 1.29 is 36.9 Å². The van der Waals surface area contributed by atoms with Gasteiger partial charge in [0.15, 0.2) is 17.2 Å². The van der Waals surface area contributed by atoms with E-state index in [0.29, 0.717) is 31.2 Å². The molecule has 0 bridgehead atoms. The van der Waals surface area contributed by atoms with E-state index in [1.54, 1.807) is 25.1 Å². The lowest BCUT2D eigenvalue weighted by atomic mass is 9.88. The number of imidazole rings is 1. The van der Waals surface area contributed by atoms with E-state index < -0.39 is 30.1 Å². The maximum Gasteiger partial charge on any atom is 0.435 e. The van der Waals surface area contributed by atoms with Gasteiger partial charge in [-0.15, -0.1) is 0 Å². The molecule has 7 nitrogen and oxygen atoms in total. The van der Waals surface area contributed by atoms with Gasteiger partial charge >= 0.3 is 6.18 Å². The number of rotatable bonds is 7. The van der Waals surface area contributed by atoms with Crippen molar-refractivity contribution in [3.8, 4) is 11.5 Å². The smallest absolute Gasteiger partial charge is 0.435 e. The van der Waals surface area contributed by atoms with Crippen molar-refractivity contribution >= 4 is 11.6 Å². The monoisotopic (exact) mass is 595 g/mol. The minimum atomic E-state index is -4.66. The number of aliphatic hydroxyl groups is 1. The van der Waals surface area contributed by atoms with Crippen molar-refractivity contribution in [2.75, 3.05) is 19.7 Å². The standard InChI is InChI=1S/C29H30ClF4N3O4/c1-28(21-6-5-18(30)13-22(21)31)40-24-4-2-3-20(26(24)41-28)17-7-10-36(11-8-17)15-25-35-27(29(32,33)34)23(16-38)37(25)14-19-9-12-39-19/h2-6,13,17,19,38H,7-12,14-16H2,1H3/t19-,28-/m0/s1. The second-order valence-electron chi connectivity index (χ2n) is 10.9. The summed E-state index contributed by atoms with van der Waals surface area (Å²) >= 11 is 5.93. The van der Waals surface area contributed by atoms with Gasteiger partial charge in [-0.3, -0.25) is 4.90 Å². The van der Waals surface area contributed by atoms with Gasteiger partial charge in [0, 0.05) is 24.1 Å². The van der Waals surface area contributed by atoms with Crippen LogP contribution in [0.25, 0.3) is 0 Å². The van der Waals surface area contributed by atoms with Crippen molar-refractivity contribution in [3.05, 3.63) is 75.6 Å². The summed E-state index contributed by atoms with van der Waals surface area (Å²) in [5, 5.41) is 10.1. The molecule has 2 atom stereocenters. The number of likely N-dealkylation sites (tertiary alicyclic amines) is 1. The molecule has 0 aliphatic carbocycles. The molecular weight excluding hydrogens is 566 g/mol. The van der Waals surface area contributed by atoms with Gasteiger partial charge in [-0.2, -0.15) is 13.2 Å². The highest BCUT2D eigenvalue weighted by Gasteiger charge is 2.43. The first-order chi connectivity index (χ1) is 19.6. The molecule has 3 aliphatic rings. The first-order valence-electron chi connectivity index (χ1n) is 13.6. The largest absolute Gasteiger partial charge is 0.444 e. The third-order valence-electron chi connectivity index (χ3n) is 8.17. The van der Waals surface area contributed by atoms with Gasteiger partial charge < -0.3 is 23.9 Å². The number of hydrogen-bond acceptors (Lipinski definition) is 6. The molecule has 220 valence electrons. The average molecular weight is 596 g/mol. The predicted octanol–water partition coefficient (Wildman–Crippen LogP) is 6.00. The number of fused-ring (bicyclic) bond motifs is 1. The third kappa shape index (κ3) is 5.40. The number of alkyl halides is 3. The van der Waals surface area contributed by atoms with Crippen molar-refractivity contribution in [2.45, 2.75) is 69.9 Å². The molecule has 0 radical (unpaired) electrons. The van der Waals surface area contributed by atoms with E-state index >= 15 is 0 Å². The molecule has 41 heavy (non-hydrogen) atoms. The van der Waals surface area contributed by atoms with Crippen LogP contribution in [0.3, 0.4) is 0 Å². The Morgan fingerprint density at radius 3 is 2.51 bits per heavy atom. The predicted molar refractivity (Wildman–Crippen MR) is 141 cm³/mol. The maximum atomic E-state index is 14.7. The Bertz CT molecular complexity index is 1440. The molecule has 0 spiro atoms. The van der Waals surface area contributed by atoms with Gasteiger partial charge in [-0.05, 0) is 62.5 Å². The summed E-state index contributed by atoms with van der Waals surface area (Å²) in [7, 11) is 0. The Morgan fingerprint density at radius 2 is 1.88 bits per heavy atom. The second kappa shape index (κ2) is 10.8. The summed E-state index contributed by atoms with van der Waals surface area (Å²) in [6.45, 7) is 3.19. The minimum Gasteiger partial charge on any atom is -0.444 e. The number of benzene rings is 2. The number of aromatic nitrogens is 2.